The van der Waals surface area contributed by atoms with Crippen molar-refractivity contribution < 1.29 is 14.3 Å². The van der Waals surface area contributed by atoms with Gasteiger partial charge in [0, 0.05) is 6.54 Å². The molecule has 1 aliphatic rings. The van der Waals surface area contributed by atoms with Crippen molar-refractivity contribution >= 4 is 11.6 Å². The van der Waals surface area contributed by atoms with E-state index < -0.39 is 17.8 Å². The average molecular weight is 209 g/mol. The minimum Gasteiger partial charge on any atom is -0.383 e. The number of hydrogen-bond donors (Lipinski definition) is 1. The summed E-state index contributed by atoms with van der Waals surface area (Å²) in [5.74, 6) is -0.841. The molecule has 0 aliphatic carbocycles. The van der Waals surface area contributed by atoms with E-state index in [2.05, 4.69) is 0 Å². The van der Waals surface area contributed by atoms with Crippen molar-refractivity contribution in [1.82, 2.24) is 0 Å². The van der Waals surface area contributed by atoms with Crippen LogP contribution in [0.1, 0.15) is 12.8 Å². The fourth-order valence-electron chi connectivity index (χ4n) is 1.77. The fourth-order valence-corrected chi connectivity index (χ4v) is 1.77. The van der Waals surface area contributed by atoms with Gasteiger partial charge in [0.1, 0.15) is 11.9 Å². The highest BCUT2D eigenvalue weighted by atomic mass is 19.1. The number of anilines is 1. The predicted octanol–water partition coefficient (Wildman–Crippen LogP) is 1.31. The molecular formula is C11H12FNO2. The van der Waals surface area contributed by atoms with Crippen molar-refractivity contribution in [2.24, 2.45) is 0 Å². The van der Waals surface area contributed by atoms with Gasteiger partial charge in [-0.15, -0.1) is 0 Å². The van der Waals surface area contributed by atoms with E-state index in [0.29, 0.717) is 19.4 Å². The highest BCUT2D eigenvalue weighted by Gasteiger charge is 2.28. The number of para-hydroxylation sites is 1. The third-order valence-corrected chi connectivity index (χ3v) is 2.55. The van der Waals surface area contributed by atoms with Crippen molar-refractivity contribution in [3.8, 4) is 0 Å². The van der Waals surface area contributed by atoms with Gasteiger partial charge in [0.15, 0.2) is 0 Å². The summed E-state index contributed by atoms with van der Waals surface area (Å²) in [4.78, 5) is 12.9. The molecule has 1 aliphatic heterocycles. The Morgan fingerprint density at radius 2 is 2.13 bits per heavy atom. The first-order valence-corrected chi connectivity index (χ1v) is 4.94. The first-order valence-electron chi connectivity index (χ1n) is 4.94. The number of carbonyl (C=O) groups is 1. The van der Waals surface area contributed by atoms with E-state index in [1.807, 2.05) is 0 Å². The monoisotopic (exact) mass is 209 g/mol. The Morgan fingerprint density at radius 3 is 2.87 bits per heavy atom. The summed E-state index contributed by atoms with van der Waals surface area (Å²) >= 11 is 0. The maximum Gasteiger partial charge on any atom is 0.255 e. The standard InChI is InChI=1S/C11H12FNO2/c12-8-4-1-2-5-9(8)13-7-3-6-10(14)11(13)15/h1-2,4-5,10,14H,3,6-7H2. The van der Waals surface area contributed by atoms with E-state index in [-0.39, 0.29) is 5.69 Å². The van der Waals surface area contributed by atoms with Gasteiger partial charge in [-0.1, -0.05) is 12.1 Å². The lowest BCUT2D eigenvalue weighted by Crippen LogP contribution is -2.44. The number of amides is 1. The molecule has 2 rings (SSSR count). The first-order chi connectivity index (χ1) is 7.20. The van der Waals surface area contributed by atoms with Gasteiger partial charge < -0.3 is 10.0 Å². The molecule has 1 saturated heterocycles. The van der Waals surface area contributed by atoms with Gasteiger partial charge >= 0.3 is 0 Å². The van der Waals surface area contributed by atoms with Gasteiger partial charge in [-0.3, -0.25) is 4.79 Å². The maximum atomic E-state index is 13.4. The molecule has 0 saturated carbocycles. The van der Waals surface area contributed by atoms with Crippen LogP contribution >= 0.6 is 0 Å². The zero-order valence-electron chi connectivity index (χ0n) is 8.19. The Balaban J connectivity index is 2.30. The number of hydrogen-bond acceptors (Lipinski definition) is 2. The average Bonchev–Trinajstić information content (AvgIpc) is 2.23. The van der Waals surface area contributed by atoms with Gasteiger partial charge in [-0.25, -0.2) is 4.39 Å². The van der Waals surface area contributed by atoms with E-state index in [0.717, 1.165) is 0 Å². The van der Waals surface area contributed by atoms with Crippen LogP contribution in [-0.4, -0.2) is 23.7 Å². The minimum absolute atomic E-state index is 0.251. The summed E-state index contributed by atoms with van der Waals surface area (Å²) in [7, 11) is 0. The Bertz CT molecular complexity index is 381. The zero-order valence-corrected chi connectivity index (χ0v) is 8.19. The number of aliphatic hydroxyl groups is 1. The number of halogens is 1. The Labute approximate surface area is 87.1 Å². The molecule has 0 spiro atoms. The second-order valence-electron chi connectivity index (χ2n) is 3.60. The highest BCUT2D eigenvalue weighted by Crippen LogP contribution is 2.23. The minimum atomic E-state index is -0.988. The van der Waals surface area contributed by atoms with Crippen molar-refractivity contribution in [2.75, 3.05) is 11.4 Å². The van der Waals surface area contributed by atoms with Crippen LogP contribution < -0.4 is 4.90 Å². The van der Waals surface area contributed by atoms with Gasteiger partial charge in [0.25, 0.3) is 5.91 Å². The van der Waals surface area contributed by atoms with Crippen LogP contribution in [0, 0.1) is 5.82 Å². The Morgan fingerprint density at radius 1 is 1.40 bits per heavy atom. The van der Waals surface area contributed by atoms with Crippen LogP contribution in [0.5, 0.6) is 0 Å². The summed E-state index contributed by atoms with van der Waals surface area (Å²) in [5, 5.41) is 9.39. The largest absolute Gasteiger partial charge is 0.383 e. The van der Waals surface area contributed by atoms with E-state index in [9.17, 15) is 14.3 Å². The quantitative estimate of drug-likeness (QED) is 0.757. The third-order valence-electron chi connectivity index (χ3n) is 2.55. The van der Waals surface area contributed by atoms with Crippen LogP contribution in [0.4, 0.5) is 10.1 Å². The topological polar surface area (TPSA) is 40.5 Å². The molecule has 3 nitrogen and oxygen atoms in total. The molecule has 1 aromatic carbocycles. The zero-order chi connectivity index (χ0) is 10.8. The Kier molecular flexibility index (Phi) is 2.68. The molecule has 15 heavy (non-hydrogen) atoms. The van der Waals surface area contributed by atoms with Gasteiger partial charge in [0.05, 0.1) is 5.69 Å². The summed E-state index contributed by atoms with van der Waals surface area (Å²) < 4.78 is 13.4. The molecule has 0 aromatic heterocycles. The van der Waals surface area contributed by atoms with Gasteiger partial charge in [0.2, 0.25) is 0 Å². The molecule has 1 amide bonds. The van der Waals surface area contributed by atoms with E-state index in [1.54, 1.807) is 18.2 Å². The molecule has 4 heteroatoms. The normalized spacial score (nSPS) is 21.9. The molecule has 80 valence electrons. The fraction of sp³-hybridized carbons (Fsp3) is 0.364. The van der Waals surface area contributed by atoms with Crippen molar-refractivity contribution in [3.63, 3.8) is 0 Å². The van der Waals surface area contributed by atoms with E-state index in [4.69, 9.17) is 0 Å². The number of nitrogens with zero attached hydrogens (tertiary/aromatic N) is 1. The molecule has 1 unspecified atom stereocenters. The first kappa shape index (κ1) is 10.1. The van der Waals surface area contributed by atoms with Crippen LogP contribution in [0.2, 0.25) is 0 Å². The molecule has 0 radical (unpaired) electrons. The van der Waals surface area contributed by atoms with Gasteiger partial charge in [-0.2, -0.15) is 0 Å². The predicted molar refractivity (Wildman–Crippen MR) is 54.0 cm³/mol. The second kappa shape index (κ2) is 3.98. The summed E-state index contributed by atoms with van der Waals surface area (Å²) in [6.45, 7) is 0.469. The summed E-state index contributed by atoms with van der Waals surface area (Å²) in [6, 6.07) is 6.10. The molecule has 0 bridgehead atoms. The highest BCUT2D eigenvalue weighted by molar-refractivity contribution is 5.97. The SMILES string of the molecule is O=C1C(O)CCCN1c1ccccc1F. The van der Waals surface area contributed by atoms with Crippen LogP contribution in [0.3, 0.4) is 0 Å². The number of benzene rings is 1. The summed E-state index contributed by atoms with van der Waals surface area (Å²) in [6.07, 6.45) is 0.170. The van der Waals surface area contributed by atoms with Crippen molar-refractivity contribution in [3.05, 3.63) is 30.1 Å². The second-order valence-corrected chi connectivity index (χ2v) is 3.60. The smallest absolute Gasteiger partial charge is 0.255 e. The molecular weight excluding hydrogens is 197 g/mol. The molecule has 1 aromatic rings. The lowest BCUT2D eigenvalue weighted by Gasteiger charge is -2.29. The van der Waals surface area contributed by atoms with Crippen LogP contribution in [0.25, 0.3) is 0 Å². The van der Waals surface area contributed by atoms with Gasteiger partial charge in [-0.05, 0) is 25.0 Å². The number of aliphatic hydroxyl groups excluding tert-OH is 1. The third kappa shape index (κ3) is 1.85. The van der Waals surface area contributed by atoms with Crippen molar-refractivity contribution in [2.45, 2.75) is 18.9 Å². The lowest BCUT2D eigenvalue weighted by atomic mass is 10.1. The maximum absolute atomic E-state index is 13.4. The van der Waals surface area contributed by atoms with Crippen LogP contribution in [0.15, 0.2) is 24.3 Å². The Hall–Kier alpha value is -1.42. The number of rotatable bonds is 1. The van der Waals surface area contributed by atoms with Crippen molar-refractivity contribution in [1.29, 1.82) is 0 Å². The lowest BCUT2D eigenvalue weighted by molar-refractivity contribution is -0.128. The van der Waals surface area contributed by atoms with Crippen LogP contribution in [-0.2, 0) is 4.79 Å². The number of piperidine rings is 1. The molecule has 1 N–H and O–H groups in total. The van der Waals surface area contributed by atoms with E-state index in [1.165, 1.54) is 11.0 Å². The number of carbonyl (C=O) groups excluding carboxylic acids is 1. The summed E-state index contributed by atoms with van der Waals surface area (Å²) in [5.41, 5.74) is 0.251. The molecule has 1 atom stereocenters. The van der Waals surface area contributed by atoms with E-state index >= 15 is 0 Å². The molecule has 1 heterocycles. The molecule has 1 fully saturated rings.